The number of benzene rings is 1. The van der Waals surface area contributed by atoms with Crippen LogP contribution >= 0.6 is 15.9 Å². The molecule has 0 amide bonds. The van der Waals surface area contributed by atoms with Crippen molar-refractivity contribution >= 4 is 27.5 Å². The van der Waals surface area contributed by atoms with Gasteiger partial charge in [0.15, 0.2) is 0 Å². The number of ether oxygens (including phenoxy) is 1. The van der Waals surface area contributed by atoms with Crippen LogP contribution in [0.4, 0.5) is 0 Å². The van der Waals surface area contributed by atoms with Crippen molar-refractivity contribution in [2.24, 2.45) is 5.92 Å². The minimum atomic E-state index is -0.308. The molecule has 4 heteroatoms. The number of hydrogen-bond acceptors (Lipinski definition) is 3. The normalized spacial score (nSPS) is 18.1. The van der Waals surface area contributed by atoms with Crippen molar-refractivity contribution < 1.29 is 9.53 Å². The fourth-order valence-corrected chi connectivity index (χ4v) is 3.88. The molecule has 0 radical (unpaired) electrons. The van der Waals surface area contributed by atoms with Gasteiger partial charge in [-0.05, 0) is 38.7 Å². The smallest absolute Gasteiger partial charge is 0.340 e. The summed E-state index contributed by atoms with van der Waals surface area (Å²) >= 11 is 3.54. The van der Waals surface area contributed by atoms with Gasteiger partial charge < -0.3 is 10.1 Å². The molecular formula is C19H26BrNO2. The molecule has 0 aliphatic heterocycles. The highest BCUT2D eigenvalue weighted by molar-refractivity contribution is 9.10. The van der Waals surface area contributed by atoms with Crippen LogP contribution in [-0.2, 0) is 9.53 Å². The summed E-state index contributed by atoms with van der Waals surface area (Å²) in [7, 11) is 1.43. The Balaban J connectivity index is 2.27. The molecule has 2 rings (SSSR count). The van der Waals surface area contributed by atoms with E-state index in [1.807, 2.05) is 31.2 Å². The first-order valence-electron chi connectivity index (χ1n) is 8.35. The van der Waals surface area contributed by atoms with Crippen LogP contribution in [0.2, 0.25) is 0 Å². The van der Waals surface area contributed by atoms with E-state index in [0.717, 1.165) is 15.7 Å². The summed E-state index contributed by atoms with van der Waals surface area (Å²) in [6.45, 7) is 4.18. The lowest BCUT2D eigenvalue weighted by molar-refractivity contribution is -0.133. The Bertz CT molecular complexity index is 576. The largest absolute Gasteiger partial charge is 0.465 e. The van der Waals surface area contributed by atoms with Gasteiger partial charge in [-0.2, -0.15) is 0 Å². The monoisotopic (exact) mass is 379 g/mol. The third kappa shape index (κ3) is 4.60. The van der Waals surface area contributed by atoms with E-state index >= 15 is 0 Å². The zero-order chi connectivity index (χ0) is 16.8. The number of methoxy groups -OCH3 is 1. The maximum absolute atomic E-state index is 12.3. The van der Waals surface area contributed by atoms with Crippen molar-refractivity contribution in [2.45, 2.75) is 52.0 Å². The van der Waals surface area contributed by atoms with E-state index in [1.54, 1.807) is 0 Å². The van der Waals surface area contributed by atoms with E-state index < -0.39 is 0 Å². The van der Waals surface area contributed by atoms with Gasteiger partial charge in [0.1, 0.15) is 0 Å². The molecule has 1 aromatic carbocycles. The number of allylic oxidation sites excluding steroid dienone is 1. The van der Waals surface area contributed by atoms with Crippen molar-refractivity contribution in [3.05, 3.63) is 40.0 Å². The average molecular weight is 380 g/mol. The lowest BCUT2D eigenvalue weighted by Gasteiger charge is -2.30. The first-order valence-corrected chi connectivity index (χ1v) is 9.14. The molecule has 1 aromatic rings. The van der Waals surface area contributed by atoms with Crippen LogP contribution < -0.4 is 5.32 Å². The second-order valence-corrected chi connectivity index (χ2v) is 7.16. The molecule has 0 heterocycles. The molecule has 1 aliphatic carbocycles. The Morgan fingerprint density at radius 2 is 1.91 bits per heavy atom. The summed E-state index contributed by atoms with van der Waals surface area (Å²) in [6, 6.07) is 8.11. The van der Waals surface area contributed by atoms with Crippen LogP contribution in [0.1, 0.15) is 51.5 Å². The Labute approximate surface area is 147 Å². The first kappa shape index (κ1) is 18.1. The van der Waals surface area contributed by atoms with Crippen LogP contribution in [0.5, 0.6) is 0 Å². The van der Waals surface area contributed by atoms with E-state index in [1.165, 1.54) is 39.2 Å². The van der Waals surface area contributed by atoms with Gasteiger partial charge in [0, 0.05) is 21.8 Å². The van der Waals surface area contributed by atoms with Crippen LogP contribution in [0.3, 0.4) is 0 Å². The molecular weight excluding hydrogens is 354 g/mol. The molecule has 0 spiro atoms. The lowest BCUT2D eigenvalue weighted by Crippen LogP contribution is -2.34. The Morgan fingerprint density at radius 3 is 2.52 bits per heavy atom. The number of esters is 1. The molecule has 3 nitrogen and oxygen atoms in total. The van der Waals surface area contributed by atoms with Crippen molar-refractivity contribution in [1.82, 2.24) is 5.32 Å². The third-order valence-corrected chi connectivity index (χ3v) is 5.40. The standard InChI is InChI=1S/C19H26BrNO2/c1-13(15-9-5-4-6-10-15)21-14(2)18(19(22)23-3)16-11-7-8-12-17(16)20/h7-8,11-13,15,21H,4-6,9-10H2,1-3H3/b18-14+/t13-/m1/s1. The molecule has 1 atom stereocenters. The number of hydrogen-bond donors (Lipinski definition) is 1. The first-order chi connectivity index (χ1) is 11.0. The molecule has 0 bridgehead atoms. The van der Waals surface area contributed by atoms with E-state index in [0.29, 0.717) is 17.5 Å². The van der Waals surface area contributed by atoms with E-state index in [4.69, 9.17) is 4.74 Å². The molecule has 1 saturated carbocycles. The minimum absolute atomic E-state index is 0.308. The van der Waals surface area contributed by atoms with Crippen LogP contribution in [-0.4, -0.2) is 19.1 Å². The second kappa shape index (κ2) is 8.53. The highest BCUT2D eigenvalue weighted by atomic mass is 79.9. The van der Waals surface area contributed by atoms with Crippen LogP contribution in [0.25, 0.3) is 5.57 Å². The molecule has 1 aliphatic rings. The van der Waals surface area contributed by atoms with Crippen molar-refractivity contribution in [3.8, 4) is 0 Å². The number of rotatable bonds is 5. The van der Waals surface area contributed by atoms with Crippen LogP contribution in [0, 0.1) is 5.92 Å². The van der Waals surface area contributed by atoms with Gasteiger partial charge in [-0.15, -0.1) is 0 Å². The maximum Gasteiger partial charge on any atom is 0.340 e. The van der Waals surface area contributed by atoms with Gasteiger partial charge in [-0.3, -0.25) is 0 Å². The Kier molecular flexibility index (Phi) is 6.70. The topological polar surface area (TPSA) is 38.3 Å². The molecule has 0 unspecified atom stereocenters. The lowest BCUT2D eigenvalue weighted by atomic mass is 9.84. The predicted molar refractivity (Wildman–Crippen MR) is 97.9 cm³/mol. The molecule has 1 N–H and O–H groups in total. The SMILES string of the molecule is COC(=O)/C(=C(\C)N[C@H](C)C1CCCCC1)c1ccccc1Br. The van der Waals surface area contributed by atoms with Gasteiger partial charge in [-0.1, -0.05) is 53.4 Å². The Morgan fingerprint density at radius 1 is 1.26 bits per heavy atom. The van der Waals surface area contributed by atoms with Gasteiger partial charge >= 0.3 is 5.97 Å². The second-order valence-electron chi connectivity index (χ2n) is 6.30. The number of carbonyl (C=O) groups excluding carboxylic acids is 1. The summed E-state index contributed by atoms with van der Waals surface area (Å²) in [6.07, 6.45) is 6.51. The molecule has 23 heavy (non-hydrogen) atoms. The highest BCUT2D eigenvalue weighted by Crippen LogP contribution is 2.29. The predicted octanol–water partition coefficient (Wildman–Crippen LogP) is 4.91. The number of nitrogens with one attached hydrogen (secondary N) is 1. The van der Waals surface area contributed by atoms with Gasteiger partial charge in [0.2, 0.25) is 0 Å². The summed E-state index contributed by atoms with van der Waals surface area (Å²) in [5.41, 5.74) is 2.34. The zero-order valence-corrected chi connectivity index (χ0v) is 15.8. The Hall–Kier alpha value is -1.29. The number of halogens is 1. The summed E-state index contributed by atoms with van der Waals surface area (Å²) in [5, 5.41) is 3.55. The van der Waals surface area contributed by atoms with Crippen molar-refractivity contribution in [3.63, 3.8) is 0 Å². The summed E-state index contributed by atoms with van der Waals surface area (Å²) < 4.78 is 5.91. The number of carbonyl (C=O) groups is 1. The molecule has 126 valence electrons. The third-order valence-electron chi connectivity index (χ3n) is 4.71. The van der Waals surface area contributed by atoms with E-state index in [-0.39, 0.29) is 5.97 Å². The quantitative estimate of drug-likeness (QED) is 0.583. The van der Waals surface area contributed by atoms with E-state index in [9.17, 15) is 4.79 Å². The van der Waals surface area contributed by atoms with Gasteiger partial charge in [0.05, 0.1) is 12.7 Å². The summed E-state index contributed by atoms with van der Waals surface area (Å²) in [4.78, 5) is 12.3. The summed E-state index contributed by atoms with van der Waals surface area (Å²) in [5.74, 6) is 0.370. The minimum Gasteiger partial charge on any atom is -0.465 e. The van der Waals surface area contributed by atoms with Crippen molar-refractivity contribution in [1.29, 1.82) is 0 Å². The fraction of sp³-hybridized carbons (Fsp3) is 0.526. The van der Waals surface area contributed by atoms with E-state index in [2.05, 4.69) is 28.2 Å². The zero-order valence-electron chi connectivity index (χ0n) is 14.2. The maximum atomic E-state index is 12.3. The van der Waals surface area contributed by atoms with Crippen LogP contribution in [0.15, 0.2) is 34.4 Å². The molecule has 0 aromatic heterocycles. The van der Waals surface area contributed by atoms with Crippen molar-refractivity contribution in [2.75, 3.05) is 7.11 Å². The molecule has 1 fully saturated rings. The highest BCUT2D eigenvalue weighted by Gasteiger charge is 2.23. The van der Waals surface area contributed by atoms with Gasteiger partial charge in [0.25, 0.3) is 0 Å². The average Bonchev–Trinajstić information content (AvgIpc) is 2.57. The molecule has 0 saturated heterocycles. The van der Waals surface area contributed by atoms with Gasteiger partial charge in [-0.25, -0.2) is 4.79 Å². The fourth-order valence-electron chi connectivity index (χ4n) is 3.40.